The van der Waals surface area contributed by atoms with E-state index < -0.39 is 0 Å². The van der Waals surface area contributed by atoms with Crippen LogP contribution in [0.4, 0.5) is 0 Å². The summed E-state index contributed by atoms with van der Waals surface area (Å²) in [5, 5.41) is 0. The van der Waals surface area contributed by atoms with Gasteiger partial charge in [0, 0.05) is 9.89 Å². The smallest absolute Gasteiger partial charge is 0.0181 e. The van der Waals surface area contributed by atoms with E-state index in [4.69, 9.17) is 0 Å². The predicted octanol–water partition coefficient (Wildman–Crippen LogP) is 10.2. The molecule has 2 aliphatic carbocycles. The molecular formula is C36H27Br. The highest BCUT2D eigenvalue weighted by atomic mass is 79.9. The Labute approximate surface area is 227 Å². The molecule has 0 aliphatic heterocycles. The lowest BCUT2D eigenvalue weighted by molar-refractivity contribution is 0.660. The van der Waals surface area contributed by atoms with Crippen LogP contribution in [0.2, 0.25) is 0 Å². The number of benzene rings is 5. The van der Waals surface area contributed by atoms with Crippen molar-refractivity contribution in [1.82, 2.24) is 0 Å². The molecule has 0 unspecified atom stereocenters. The summed E-state index contributed by atoms with van der Waals surface area (Å²) in [6.45, 7) is 4.72. The Hall–Kier alpha value is -3.68. The Morgan fingerprint density at radius 2 is 1.30 bits per heavy atom. The first-order chi connectivity index (χ1) is 18.0. The van der Waals surface area contributed by atoms with Crippen molar-refractivity contribution in [3.8, 4) is 33.4 Å². The zero-order chi connectivity index (χ0) is 25.1. The molecule has 5 aromatic carbocycles. The molecule has 0 amide bonds. The number of rotatable bonds is 2. The molecule has 0 nitrogen and oxygen atoms in total. The molecule has 178 valence electrons. The third-order valence-electron chi connectivity index (χ3n) is 8.18. The van der Waals surface area contributed by atoms with Gasteiger partial charge in [-0.1, -0.05) is 121 Å². The Morgan fingerprint density at radius 1 is 0.568 bits per heavy atom. The van der Waals surface area contributed by atoms with Crippen LogP contribution in [0.1, 0.15) is 41.7 Å². The van der Waals surface area contributed by atoms with E-state index in [0.717, 1.165) is 10.9 Å². The van der Waals surface area contributed by atoms with Gasteiger partial charge in [0.05, 0.1) is 0 Å². The fourth-order valence-corrected chi connectivity index (χ4v) is 6.63. The van der Waals surface area contributed by atoms with E-state index in [2.05, 4.69) is 145 Å². The third-order valence-corrected chi connectivity index (χ3v) is 8.68. The monoisotopic (exact) mass is 538 g/mol. The lowest BCUT2D eigenvalue weighted by Gasteiger charge is -2.22. The molecule has 0 fully saturated rings. The van der Waals surface area contributed by atoms with Gasteiger partial charge in [0.2, 0.25) is 0 Å². The highest BCUT2D eigenvalue weighted by molar-refractivity contribution is 9.10. The van der Waals surface area contributed by atoms with Gasteiger partial charge in [-0.15, -0.1) is 0 Å². The van der Waals surface area contributed by atoms with Crippen LogP contribution in [0, 0.1) is 0 Å². The molecule has 0 spiro atoms. The van der Waals surface area contributed by atoms with E-state index in [1.165, 1.54) is 66.8 Å². The number of fused-ring (bicyclic) bond motifs is 6. The number of hydrogen-bond acceptors (Lipinski definition) is 0. The largest absolute Gasteiger partial charge is 0.0619 e. The van der Waals surface area contributed by atoms with Gasteiger partial charge in [-0.25, -0.2) is 0 Å². The van der Waals surface area contributed by atoms with Gasteiger partial charge in [-0.3, -0.25) is 0 Å². The molecule has 2 aliphatic rings. The van der Waals surface area contributed by atoms with Crippen LogP contribution in [-0.4, -0.2) is 0 Å². The highest BCUT2D eigenvalue weighted by Gasteiger charge is 2.35. The van der Waals surface area contributed by atoms with Gasteiger partial charge in [0.1, 0.15) is 0 Å². The normalized spacial score (nSPS) is 14.6. The fourth-order valence-electron chi connectivity index (χ4n) is 6.23. The van der Waals surface area contributed by atoms with E-state index in [-0.39, 0.29) is 5.41 Å². The maximum atomic E-state index is 3.64. The highest BCUT2D eigenvalue weighted by Crippen LogP contribution is 2.49. The summed E-state index contributed by atoms with van der Waals surface area (Å²) in [7, 11) is 0. The van der Waals surface area contributed by atoms with Crippen molar-refractivity contribution < 1.29 is 0 Å². The van der Waals surface area contributed by atoms with Gasteiger partial charge in [0.25, 0.3) is 0 Å². The molecule has 5 aromatic rings. The Morgan fingerprint density at radius 3 is 2.16 bits per heavy atom. The summed E-state index contributed by atoms with van der Waals surface area (Å²) in [5.74, 6) is 0. The van der Waals surface area contributed by atoms with Crippen LogP contribution in [0.5, 0.6) is 0 Å². The molecule has 0 atom stereocenters. The molecule has 0 bridgehead atoms. The SMILES string of the molecule is CC1(C)c2ccccc2-c2ccc(C3=Cc4ccccc4-c4cc(-c5cccc(Br)c5)ccc4C3)cc21. The average Bonchev–Trinajstić information content (AvgIpc) is 3.04. The third kappa shape index (κ3) is 3.64. The lowest BCUT2D eigenvalue weighted by Crippen LogP contribution is -2.15. The number of hydrogen-bond donors (Lipinski definition) is 0. The van der Waals surface area contributed by atoms with Gasteiger partial charge in [-0.05, 0) is 97.5 Å². The molecule has 7 rings (SSSR count). The predicted molar refractivity (Wildman–Crippen MR) is 161 cm³/mol. The van der Waals surface area contributed by atoms with Crippen molar-refractivity contribution in [3.63, 3.8) is 0 Å². The Balaban J connectivity index is 1.36. The van der Waals surface area contributed by atoms with Crippen molar-refractivity contribution in [2.75, 3.05) is 0 Å². The zero-order valence-corrected chi connectivity index (χ0v) is 22.6. The minimum absolute atomic E-state index is 0.00188. The topological polar surface area (TPSA) is 0 Å². The van der Waals surface area contributed by atoms with E-state index in [1.54, 1.807) is 0 Å². The van der Waals surface area contributed by atoms with Crippen LogP contribution < -0.4 is 0 Å². The van der Waals surface area contributed by atoms with Gasteiger partial charge in [0.15, 0.2) is 0 Å². The molecule has 1 heteroatoms. The maximum Gasteiger partial charge on any atom is 0.0181 e. The van der Waals surface area contributed by atoms with Crippen LogP contribution in [-0.2, 0) is 11.8 Å². The second-order valence-electron chi connectivity index (χ2n) is 10.7. The number of halogens is 1. The second-order valence-corrected chi connectivity index (χ2v) is 11.7. The molecule has 0 aromatic heterocycles. The summed E-state index contributed by atoms with van der Waals surface area (Å²) < 4.78 is 1.10. The minimum Gasteiger partial charge on any atom is -0.0619 e. The van der Waals surface area contributed by atoms with Crippen molar-refractivity contribution in [2.24, 2.45) is 0 Å². The molecule has 0 N–H and O–H groups in total. The molecule has 0 radical (unpaired) electrons. The van der Waals surface area contributed by atoms with Gasteiger partial charge in [-0.2, -0.15) is 0 Å². The van der Waals surface area contributed by atoms with Crippen LogP contribution in [0.25, 0.3) is 45.0 Å². The van der Waals surface area contributed by atoms with Crippen LogP contribution >= 0.6 is 15.9 Å². The summed E-state index contributed by atoms with van der Waals surface area (Å²) in [4.78, 5) is 0. The first kappa shape index (κ1) is 22.5. The average molecular weight is 540 g/mol. The Bertz CT molecular complexity index is 1730. The summed E-state index contributed by atoms with van der Waals surface area (Å²) in [6, 6.07) is 40.3. The van der Waals surface area contributed by atoms with Gasteiger partial charge < -0.3 is 0 Å². The minimum atomic E-state index is 0.00188. The first-order valence-electron chi connectivity index (χ1n) is 12.9. The molecule has 37 heavy (non-hydrogen) atoms. The quantitative estimate of drug-likeness (QED) is 0.209. The fraction of sp³-hybridized carbons (Fsp3) is 0.111. The summed E-state index contributed by atoms with van der Waals surface area (Å²) >= 11 is 3.64. The van der Waals surface area contributed by atoms with E-state index in [0.29, 0.717) is 0 Å². The van der Waals surface area contributed by atoms with Gasteiger partial charge >= 0.3 is 0 Å². The standard InChI is InChI=1S/C36H27Br/c1-36(2)34-13-6-5-12-31(34)32-17-16-25(22-35(32)36)28-18-26-8-3-4-11-30(26)33-21-24(14-15-27(33)19-28)23-9-7-10-29(37)20-23/h3-18,20-22H,19H2,1-2H3. The van der Waals surface area contributed by atoms with E-state index in [1.807, 2.05) is 0 Å². The maximum absolute atomic E-state index is 3.64. The van der Waals surface area contributed by atoms with Crippen LogP contribution in [0.15, 0.2) is 114 Å². The van der Waals surface area contributed by atoms with Crippen molar-refractivity contribution in [3.05, 3.63) is 141 Å². The van der Waals surface area contributed by atoms with Crippen molar-refractivity contribution in [2.45, 2.75) is 25.7 Å². The second kappa shape index (κ2) is 8.43. The van der Waals surface area contributed by atoms with E-state index in [9.17, 15) is 0 Å². The lowest BCUT2D eigenvalue weighted by atomic mass is 9.81. The molecule has 0 saturated heterocycles. The van der Waals surface area contributed by atoms with Crippen molar-refractivity contribution in [1.29, 1.82) is 0 Å². The number of allylic oxidation sites excluding steroid dienone is 1. The summed E-state index contributed by atoms with van der Waals surface area (Å²) in [5.41, 5.74) is 16.1. The zero-order valence-electron chi connectivity index (χ0n) is 21.1. The van der Waals surface area contributed by atoms with E-state index >= 15 is 0 Å². The molecular weight excluding hydrogens is 512 g/mol. The van der Waals surface area contributed by atoms with Crippen molar-refractivity contribution >= 4 is 27.6 Å². The first-order valence-corrected chi connectivity index (χ1v) is 13.7. The molecule has 0 saturated carbocycles. The van der Waals surface area contributed by atoms with Crippen LogP contribution in [0.3, 0.4) is 0 Å². The Kier molecular flexibility index (Phi) is 5.13. The molecule has 0 heterocycles. The summed E-state index contributed by atoms with van der Waals surface area (Å²) in [6.07, 6.45) is 3.32.